The number of carbonyl (C=O) groups is 2. The van der Waals surface area contributed by atoms with E-state index in [-0.39, 0.29) is 19.5 Å². The van der Waals surface area contributed by atoms with Gasteiger partial charge in [-0.2, -0.15) is 13.2 Å². The van der Waals surface area contributed by atoms with Gasteiger partial charge in [0.2, 0.25) is 5.91 Å². The Bertz CT molecular complexity index is 653. The largest absolute Gasteiger partial charge is 0.497 e. The fourth-order valence-electron chi connectivity index (χ4n) is 1.93. The zero-order valence-electron chi connectivity index (χ0n) is 14.8. The highest BCUT2D eigenvalue weighted by atomic mass is 32.1. The van der Waals surface area contributed by atoms with E-state index in [1.165, 1.54) is 6.92 Å². The average molecular weight is 406 g/mol. The molecule has 0 saturated carbocycles. The van der Waals surface area contributed by atoms with Gasteiger partial charge in [0.15, 0.2) is 5.11 Å². The van der Waals surface area contributed by atoms with Crippen LogP contribution in [0.2, 0.25) is 0 Å². The fraction of sp³-hybridized carbons (Fsp3) is 0.438. The van der Waals surface area contributed by atoms with Crippen molar-refractivity contribution in [1.82, 2.24) is 16.0 Å². The molecule has 27 heavy (non-hydrogen) atoms. The molecule has 150 valence electrons. The average Bonchev–Trinajstić information content (AvgIpc) is 2.62. The molecule has 1 atom stereocenters. The molecule has 1 rings (SSSR count). The summed E-state index contributed by atoms with van der Waals surface area (Å²) in [6.45, 7) is 1.85. The van der Waals surface area contributed by atoms with E-state index < -0.39 is 24.0 Å². The van der Waals surface area contributed by atoms with Crippen molar-refractivity contribution in [3.05, 3.63) is 24.3 Å². The summed E-state index contributed by atoms with van der Waals surface area (Å²) in [4.78, 5) is 22.8. The molecule has 0 saturated heterocycles. The van der Waals surface area contributed by atoms with Crippen LogP contribution >= 0.6 is 12.2 Å². The van der Waals surface area contributed by atoms with Crippen LogP contribution in [0.4, 0.5) is 18.9 Å². The Labute approximate surface area is 160 Å². The highest BCUT2D eigenvalue weighted by Crippen LogP contribution is 2.15. The molecule has 1 aromatic carbocycles. The van der Waals surface area contributed by atoms with Crippen LogP contribution < -0.4 is 26.0 Å². The molecule has 0 fully saturated rings. The van der Waals surface area contributed by atoms with Gasteiger partial charge in [0.25, 0.3) is 0 Å². The summed E-state index contributed by atoms with van der Waals surface area (Å²) in [7, 11) is 1.56. The molecule has 0 aliphatic heterocycles. The topological polar surface area (TPSA) is 91.5 Å². The normalized spacial score (nSPS) is 11.9. The van der Waals surface area contributed by atoms with E-state index >= 15 is 0 Å². The molecule has 0 bridgehead atoms. The van der Waals surface area contributed by atoms with Gasteiger partial charge in [-0.05, 0) is 42.9 Å². The molecule has 4 N–H and O–H groups in total. The van der Waals surface area contributed by atoms with Crippen LogP contribution in [0, 0.1) is 0 Å². The van der Waals surface area contributed by atoms with Crippen molar-refractivity contribution in [1.29, 1.82) is 0 Å². The molecule has 0 radical (unpaired) electrons. The maximum absolute atomic E-state index is 12.2. The van der Waals surface area contributed by atoms with E-state index in [9.17, 15) is 22.8 Å². The van der Waals surface area contributed by atoms with Crippen LogP contribution in [0.1, 0.15) is 13.3 Å². The summed E-state index contributed by atoms with van der Waals surface area (Å²) in [5.41, 5.74) is 0.734. The van der Waals surface area contributed by atoms with Crippen molar-refractivity contribution in [2.24, 2.45) is 0 Å². The van der Waals surface area contributed by atoms with E-state index in [0.717, 1.165) is 5.69 Å². The minimum Gasteiger partial charge on any atom is -0.497 e. The van der Waals surface area contributed by atoms with Gasteiger partial charge in [-0.15, -0.1) is 0 Å². The fourth-order valence-corrected chi connectivity index (χ4v) is 2.15. The highest BCUT2D eigenvalue weighted by molar-refractivity contribution is 7.80. The number of amides is 2. The Hall–Kier alpha value is -2.56. The van der Waals surface area contributed by atoms with Gasteiger partial charge >= 0.3 is 12.1 Å². The number of thiocarbonyl (C=S) groups is 1. The van der Waals surface area contributed by atoms with Crippen LogP contribution in [0.25, 0.3) is 0 Å². The zero-order chi connectivity index (χ0) is 20.4. The first-order valence-corrected chi connectivity index (χ1v) is 8.42. The molecule has 11 heteroatoms. The molecule has 2 amide bonds. The van der Waals surface area contributed by atoms with E-state index in [1.54, 1.807) is 36.7 Å². The second kappa shape index (κ2) is 10.6. The van der Waals surface area contributed by atoms with Gasteiger partial charge in [-0.1, -0.05) is 6.92 Å². The lowest BCUT2D eigenvalue weighted by atomic mass is 10.2. The van der Waals surface area contributed by atoms with Crippen LogP contribution in [-0.4, -0.2) is 49.3 Å². The molecule has 0 spiro atoms. The summed E-state index contributed by atoms with van der Waals surface area (Å²) in [6.07, 6.45) is -5.01. The predicted molar refractivity (Wildman–Crippen MR) is 98.5 cm³/mol. The number of benzene rings is 1. The number of anilines is 1. The van der Waals surface area contributed by atoms with Gasteiger partial charge in [0.05, 0.1) is 7.11 Å². The molecule has 0 aliphatic rings. The third-order valence-corrected chi connectivity index (χ3v) is 3.59. The lowest BCUT2D eigenvalue weighted by Gasteiger charge is -2.18. The van der Waals surface area contributed by atoms with Crippen LogP contribution in [0.15, 0.2) is 24.3 Å². The Morgan fingerprint density at radius 2 is 1.74 bits per heavy atom. The lowest BCUT2D eigenvalue weighted by molar-refractivity contribution is -0.174. The number of methoxy groups -OCH3 is 1. The minimum atomic E-state index is -5.03. The van der Waals surface area contributed by atoms with Crippen LogP contribution in [0.5, 0.6) is 5.75 Å². The molecule has 7 nitrogen and oxygen atoms in total. The smallest absolute Gasteiger partial charge is 0.471 e. The Morgan fingerprint density at radius 3 is 2.26 bits per heavy atom. The minimum absolute atomic E-state index is 0.0263. The summed E-state index contributed by atoms with van der Waals surface area (Å²) >= 11 is 5.10. The first-order valence-electron chi connectivity index (χ1n) is 8.01. The summed E-state index contributed by atoms with van der Waals surface area (Å²) in [5, 5.41) is 10.2. The molecule has 0 heterocycles. The quantitative estimate of drug-likeness (QED) is 0.387. The number of ether oxygens (including phenoxy) is 1. The SMILES string of the molecule is CC[C@@H](NC(=O)C(F)(F)F)C(=O)NCCNC(=S)Nc1ccc(OC)cc1. The Morgan fingerprint density at radius 1 is 1.15 bits per heavy atom. The van der Waals surface area contributed by atoms with Gasteiger partial charge in [0.1, 0.15) is 11.8 Å². The highest BCUT2D eigenvalue weighted by Gasteiger charge is 2.40. The molecule has 0 aromatic heterocycles. The third kappa shape index (κ3) is 8.11. The number of hydrogen-bond acceptors (Lipinski definition) is 4. The molecular formula is C16H21F3N4O3S. The van der Waals surface area contributed by atoms with Crippen molar-refractivity contribution >= 4 is 34.8 Å². The zero-order valence-corrected chi connectivity index (χ0v) is 15.6. The summed E-state index contributed by atoms with van der Waals surface area (Å²) in [5.74, 6) is -2.15. The van der Waals surface area contributed by atoms with Crippen molar-refractivity contribution in [2.75, 3.05) is 25.5 Å². The second-order valence-corrected chi connectivity index (χ2v) is 5.74. The number of rotatable bonds is 8. The summed E-state index contributed by atoms with van der Waals surface area (Å²) in [6, 6.07) is 5.79. The Kier molecular flexibility index (Phi) is 8.79. The first kappa shape index (κ1) is 22.5. The van der Waals surface area contributed by atoms with Gasteiger partial charge < -0.3 is 26.0 Å². The lowest BCUT2D eigenvalue weighted by Crippen LogP contribution is -2.51. The van der Waals surface area contributed by atoms with E-state index in [4.69, 9.17) is 17.0 Å². The van der Waals surface area contributed by atoms with E-state index in [1.807, 2.05) is 0 Å². The molecule has 0 aliphatic carbocycles. The number of alkyl halides is 3. The second-order valence-electron chi connectivity index (χ2n) is 5.33. The van der Waals surface area contributed by atoms with Crippen LogP contribution in [0.3, 0.4) is 0 Å². The van der Waals surface area contributed by atoms with Crippen molar-refractivity contribution in [2.45, 2.75) is 25.6 Å². The standard InChI is InChI=1S/C16H21F3N4O3S/c1-3-12(23-14(25)16(17,18)19)13(24)20-8-9-21-15(27)22-10-4-6-11(26-2)7-5-10/h4-7,12H,3,8-9H2,1-2H3,(H,20,24)(H,23,25)(H2,21,22,27)/t12-/m1/s1. The molecule has 0 unspecified atom stereocenters. The predicted octanol–water partition coefficient (Wildman–Crippen LogP) is 1.55. The number of carbonyl (C=O) groups excluding carboxylic acids is 2. The van der Waals surface area contributed by atoms with Gasteiger partial charge in [-0.25, -0.2) is 0 Å². The molecular weight excluding hydrogens is 385 g/mol. The van der Waals surface area contributed by atoms with Crippen molar-refractivity contribution in [3.8, 4) is 5.75 Å². The third-order valence-electron chi connectivity index (χ3n) is 3.35. The number of nitrogens with one attached hydrogen (secondary N) is 4. The van der Waals surface area contributed by atoms with Crippen molar-refractivity contribution in [3.63, 3.8) is 0 Å². The Balaban J connectivity index is 2.33. The van der Waals surface area contributed by atoms with E-state index in [2.05, 4.69) is 16.0 Å². The first-order chi connectivity index (χ1) is 12.7. The number of hydrogen-bond donors (Lipinski definition) is 4. The number of halogens is 3. The van der Waals surface area contributed by atoms with Gasteiger partial charge in [0, 0.05) is 18.8 Å². The van der Waals surface area contributed by atoms with Crippen molar-refractivity contribution < 1.29 is 27.5 Å². The summed E-state index contributed by atoms with van der Waals surface area (Å²) < 4.78 is 41.8. The van der Waals surface area contributed by atoms with Gasteiger partial charge in [-0.3, -0.25) is 9.59 Å². The maximum atomic E-state index is 12.2. The van der Waals surface area contributed by atoms with E-state index in [0.29, 0.717) is 10.9 Å². The maximum Gasteiger partial charge on any atom is 0.471 e. The van der Waals surface area contributed by atoms with Crippen LogP contribution in [-0.2, 0) is 9.59 Å². The molecule has 1 aromatic rings. The monoisotopic (exact) mass is 406 g/mol.